The number of aromatic nitrogens is 6. The molecular weight excluding hydrogens is 682 g/mol. The highest BCUT2D eigenvalue weighted by Gasteiger charge is 2.46. The first kappa shape index (κ1) is 34.5. The topological polar surface area (TPSA) is 105 Å². The second-order valence-electron chi connectivity index (χ2n) is 13.4. The van der Waals surface area contributed by atoms with E-state index in [-0.39, 0.29) is 37.1 Å². The lowest BCUT2D eigenvalue weighted by atomic mass is 10.0. The number of anilines is 2. The van der Waals surface area contributed by atoms with Crippen molar-refractivity contribution in [1.82, 2.24) is 29.3 Å². The van der Waals surface area contributed by atoms with Gasteiger partial charge in [0.05, 0.1) is 17.8 Å². The smallest absolute Gasteiger partial charge is 0.350 e. The Morgan fingerprint density at radius 3 is 2.28 bits per heavy atom. The number of hydrogen-bond acceptors (Lipinski definition) is 9. The van der Waals surface area contributed by atoms with Gasteiger partial charge in [0.25, 0.3) is 0 Å². The minimum atomic E-state index is -1.56. The third kappa shape index (κ3) is 6.87. The van der Waals surface area contributed by atoms with E-state index in [1.165, 1.54) is 16.8 Å². The number of nitrogens with zero attached hydrogens (tertiary/aromatic N) is 8. The first-order valence-electron chi connectivity index (χ1n) is 17.8. The fourth-order valence-corrected chi connectivity index (χ4v) is 6.95. The third-order valence-electron chi connectivity index (χ3n) is 10.1. The molecule has 2 fully saturated rings. The summed E-state index contributed by atoms with van der Waals surface area (Å²) in [7, 11) is 0. The van der Waals surface area contributed by atoms with Crippen LogP contribution < -0.4 is 20.2 Å². The van der Waals surface area contributed by atoms with E-state index in [4.69, 9.17) is 14.2 Å². The number of fused-ring (bicyclic) bond motifs is 1. The van der Waals surface area contributed by atoms with Crippen LogP contribution in [-0.2, 0) is 21.8 Å². The third-order valence-corrected chi connectivity index (χ3v) is 10.1. The summed E-state index contributed by atoms with van der Waals surface area (Å²) < 4.78 is 52.4. The summed E-state index contributed by atoms with van der Waals surface area (Å²) in [5, 5.41) is 12.8. The molecule has 6 aromatic rings. The van der Waals surface area contributed by atoms with Gasteiger partial charge in [0.1, 0.15) is 48.5 Å². The molecule has 0 amide bonds. The molecule has 14 heteroatoms. The van der Waals surface area contributed by atoms with E-state index in [0.717, 1.165) is 61.2 Å². The summed E-state index contributed by atoms with van der Waals surface area (Å²) in [6, 6.07) is 26.8. The molecule has 0 radical (unpaired) electrons. The van der Waals surface area contributed by atoms with Crippen molar-refractivity contribution in [3.8, 4) is 11.4 Å². The van der Waals surface area contributed by atoms with E-state index in [1.54, 1.807) is 15.6 Å². The molecule has 12 nitrogen and oxygen atoms in total. The molecule has 0 bridgehead atoms. The van der Waals surface area contributed by atoms with Gasteiger partial charge in [-0.2, -0.15) is 9.78 Å². The predicted octanol–water partition coefficient (Wildman–Crippen LogP) is 5.70. The Labute approximate surface area is 304 Å². The molecule has 8 rings (SSSR count). The van der Waals surface area contributed by atoms with Crippen LogP contribution >= 0.6 is 0 Å². The van der Waals surface area contributed by atoms with Crippen LogP contribution in [0.1, 0.15) is 31.9 Å². The molecule has 0 spiro atoms. The molecule has 2 aliphatic rings. The van der Waals surface area contributed by atoms with E-state index >= 15 is 4.39 Å². The number of benzene rings is 4. The summed E-state index contributed by atoms with van der Waals surface area (Å²) in [5.41, 5.74) is 4.29. The molecule has 0 saturated carbocycles. The molecule has 0 aliphatic carbocycles. The van der Waals surface area contributed by atoms with Gasteiger partial charge in [-0.1, -0.05) is 24.3 Å². The van der Waals surface area contributed by atoms with Crippen molar-refractivity contribution in [3.05, 3.63) is 125 Å². The molecule has 3 unspecified atom stereocenters. The zero-order valence-electron chi connectivity index (χ0n) is 29.5. The van der Waals surface area contributed by atoms with E-state index in [1.807, 2.05) is 79.7 Å². The molecule has 2 aliphatic heterocycles. The Kier molecular flexibility index (Phi) is 9.39. The second kappa shape index (κ2) is 14.4. The maximum Gasteiger partial charge on any atom is 0.350 e. The number of para-hydroxylation sites is 1. The number of halogens is 2. The first-order valence-corrected chi connectivity index (χ1v) is 17.8. The van der Waals surface area contributed by atoms with Crippen molar-refractivity contribution < 1.29 is 23.0 Å². The highest BCUT2D eigenvalue weighted by atomic mass is 19.1. The van der Waals surface area contributed by atoms with Gasteiger partial charge in [-0.05, 0) is 86.1 Å². The van der Waals surface area contributed by atoms with Gasteiger partial charge in [-0.15, -0.1) is 5.10 Å². The Morgan fingerprint density at radius 1 is 0.906 bits per heavy atom. The second-order valence-corrected chi connectivity index (χ2v) is 13.4. The normalized spacial score (nSPS) is 19.6. The van der Waals surface area contributed by atoms with Crippen LogP contribution in [0.5, 0.6) is 5.75 Å². The molecule has 53 heavy (non-hydrogen) atoms. The van der Waals surface area contributed by atoms with E-state index in [2.05, 4.69) is 32.1 Å². The molecule has 2 saturated heterocycles. The minimum absolute atomic E-state index is 0.00585. The molecule has 4 heterocycles. The summed E-state index contributed by atoms with van der Waals surface area (Å²) >= 11 is 0. The standard InChI is InChI=1S/C39H40F2N8O4/c1-3-27(2)47-26-42-49(38(47)50)31-11-9-29(10-12-31)45-18-20-46(21-19-45)30-13-15-32(16-14-30)51-23-33-24-52-39(53-33,34-17-8-28(40)22-35(34)41)25-48-37-7-5-4-6-36(37)43-44-48/h4-17,22,26-27,33H,3,18-21,23-25H2,1-2H3. The Balaban J connectivity index is 0.872. The number of rotatable bonds is 11. The first-order chi connectivity index (χ1) is 25.8. The predicted molar refractivity (Wildman–Crippen MR) is 196 cm³/mol. The van der Waals surface area contributed by atoms with Crippen LogP contribution in [0.2, 0.25) is 0 Å². The highest BCUT2D eigenvalue weighted by molar-refractivity contribution is 5.73. The van der Waals surface area contributed by atoms with Crippen LogP contribution in [0.3, 0.4) is 0 Å². The minimum Gasteiger partial charge on any atom is -0.491 e. The molecule has 274 valence electrons. The molecular formula is C39H40F2N8O4. The van der Waals surface area contributed by atoms with Gasteiger partial charge in [-0.3, -0.25) is 4.57 Å². The average molecular weight is 723 g/mol. The van der Waals surface area contributed by atoms with Crippen LogP contribution in [0.4, 0.5) is 20.2 Å². The van der Waals surface area contributed by atoms with Crippen molar-refractivity contribution >= 4 is 22.4 Å². The lowest BCUT2D eigenvalue weighted by Gasteiger charge is -2.37. The van der Waals surface area contributed by atoms with Crippen molar-refractivity contribution in [1.29, 1.82) is 0 Å². The van der Waals surface area contributed by atoms with E-state index in [9.17, 15) is 9.18 Å². The van der Waals surface area contributed by atoms with Crippen molar-refractivity contribution in [2.24, 2.45) is 0 Å². The van der Waals surface area contributed by atoms with Crippen molar-refractivity contribution in [2.45, 2.75) is 44.7 Å². The Bertz CT molecular complexity index is 2250. The van der Waals surface area contributed by atoms with Gasteiger partial charge < -0.3 is 24.0 Å². The lowest BCUT2D eigenvalue weighted by Crippen LogP contribution is -2.46. The number of ether oxygens (including phenoxy) is 3. The molecule has 0 N–H and O–H groups in total. The maximum absolute atomic E-state index is 15.2. The summed E-state index contributed by atoms with van der Waals surface area (Å²) in [4.78, 5) is 17.5. The monoisotopic (exact) mass is 722 g/mol. The van der Waals surface area contributed by atoms with Crippen LogP contribution in [0.15, 0.2) is 102 Å². The number of piperazine rings is 1. The Morgan fingerprint density at radius 2 is 1.58 bits per heavy atom. The SMILES string of the molecule is CCC(C)n1cnn(-c2ccc(N3CCN(c4ccc(OCC5COC(Cn6nnc7ccccc76)(c6ccc(F)cc6F)O5)cc4)CC3)cc2)c1=O. The van der Waals surface area contributed by atoms with Gasteiger partial charge in [-0.25, -0.2) is 18.3 Å². The van der Waals surface area contributed by atoms with Gasteiger partial charge >= 0.3 is 5.69 Å². The van der Waals surface area contributed by atoms with Gasteiger partial charge in [0.2, 0.25) is 5.79 Å². The summed E-state index contributed by atoms with van der Waals surface area (Å²) in [6.07, 6.45) is 1.94. The highest BCUT2D eigenvalue weighted by Crippen LogP contribution is 2.38. The summed E-state index contributed by atoms with van der Waals surface area (Å²) in [5.74, 6) is -2.36. The summed E-state index contributed by atoms with van der Waals surface area (Å²) in [6.45, 7) is 7.75. The van der Waals surface area contributed by atoms with E-state index in [0.29, 0.717) is 11.3 Å². The maximum atomic E-state index is 15.2. The van der Waals surface area contributed by atoms with Gasteiger partial charge in [0.15, 0.2) is 0 Å². The molecule has 3 atom stereocenters. The van der Waals surface area contributed by atoms with Crippen molar-refractivity contribution in [3.63, 3.8) is 0 Å². The van der Waals surface area contributed by atoms with Gasteiger partial charge in [0, 0.05) is 55.2 Å². The number of hydrogen-bond donors (Lipinski definition) is 0. The van der Waals surface area contributed by atoms with Crippen LogP contribution in [0.25, 0.3) is 16.7 Å². The Hall–Kier alpha value is -5.60. The fourth-order valence-electron chi connectivity index (χ4n) is 6.95. The quantitative estimate of drug-likeness (QED) is 0.167. The van der Waals surface area contributed by atoms with Crippen LogP contribution in [0, 0.1) is 11.6 Å². The lowest BCUT2D eigenvalue weighted by molar-refractivity contribution is -0.192. The largest absolute Gasteiger partial charge is 0.491 e. The fraction of sp³-hybridized carbons (Fsp3) is 0.333. The average Bonchev–Trinajstić information content (AvgIpc) is 3.91. The van der Waals surface area contributed by atoms with E-state index < -0.39 is 23.5 Å². The molecule has 4 aromatic carbocycles. The zero-order valence-corrected chi connectivity index (χ0v) is 29.5. The zero-order chi connectivity index (χ0) is 36.5. The molecule has 2 aromatic heterocycles. The van der Waals surface area contributed by atoms with Crippen molar-refractivity contribution in [2.75, 3.05) is 49.2 Å². The van der Waals surface area contributed by atoms with Crippen LogP contribution in [-0.4, -0.2) is 74.8 Å².